The van der Waals surface area contributed by atoms with Crippen molar-refractivity contribution in [3.8, 4) is 0 Å². The van der Waals surface area contributed by atoms with Crippen LogP contribution in [0.2, 0.25) is 0 Å². The van der Waals surface area contributed by atoms with Crippen molar-refractivity contribution in [2.45, 2.75) is 4.90 Å². The molecule has 0 fully saturated rings. The molecular formula is C8H4O3S2. The Morgan fingerprint density at radius 3 is 2.77 bits per heavy atom. The maximum absolute atomic E-state index is 10.9. The van der Waals surface area contributed by atoms with E-state index in [2.05, 4.69) is 10.8 Å². The third-order valence-corrected chi connectivity index (χ3v) is 3.14. The van der Waals surface area contributed by atoms with E-state index in [4.69, 9.17) is 4.55 Å². The van der Waals surface area contributed by atoms with E-state index in [0.717, 1.165) is 11.3 Å². The molecule has 5 heteroatoms. The molecular weight excluding hydrogens is 208 g/mol. The number of fused-ring (bicyclic) bond motifs is 1. The summed E-state index contributed by atoms with van der Waals surface area (Å²) < 4.78 is 30.6. The van der Waals surface area contributed by atoms with E-state index in [1.54, 1.807) is 12.1 Å². The van der Waals surface area contributed by atoms with E-state index in [1.165, 1.54) is 6.07 Å². The van der Waals surface area contributed by atoms with Crippen molar-refractivity contribution in [1.29, 1.82) is 0 Å². The zero-order chi connectivity index (χ0) is 9.47. The summed E-state index contributed by atoms with van der Waals surface area (Å²) in [5.74, 6) is 0. The molecule has 3 nitrogen and oxygen atoms in total. The molecule has 66 valence electrons. The van der Waals surface area contributed by atoms with Crippen LogP contribution in [-0.4, -0.2) is 13.0 Å². The molecule has 2 rings (SSSR count). The Balaban J connectivity index is 2.91. The average Bonchev–Trinajstić information content (AvgIpc) is 2.48. The van der Waals surface area contributed by atoms with Gasteiger partial charge in [-0.25, -0.2) is 0 Å². The van der Waals surface area contributed by atoms with Crippen molar-refractivity contribution in [3.63, 3.8) is 0 Å². The third kappa shape index (κ3) is 1.46. The Bertz CT molecular complexity index is 539. The Kier molecular flexibility index (Phi) is 1.87. The topological polar surface area (TPSA) is 54.4 Å². The summed E-state index contributed by atoms with van der Waals surface area (Å²) in [7, 11) is -4.14. The van der Waals surface area contributed by atoms with Crippen LogP contribution >= 0.6 is 11.3 Å². The van der Waals surface area contributed by atoms with Crippen LogP contribution in [0.4, 0.5) is 0 Å². The lowest BCUT2D eigenvalue weighted by atomic mass is 10.2. The largest absolute Gasteiger partial charge is 0.295 e. The van der Waals surface area contributed by atoms with Crippen molar-refractivity contribution in [2.24, 2.45) is 0 Å². The van der Waals surface area contributed by atoms with Crippen LogP contribution < -0.4 is 0 Å². The SMILES string of the molecule is O=S(=O)(O)c1cccc2[c]s[c]c12. The second kappa shape index (κ2) is 2.80. The van der Waals surface area contributed by atoms with Crippen LogP contribution in [0.25, 0.3) is 10.8 Å². The molecule has 2 radical (unpaired) electrons. The summed E-state index contributed by atoms with van der Waals surface area (Å²) in [5.41, 5.74) is 0. The lowest BCUT2D eigenvalue weighted by molar-refractivity contribution is 0.484. The van der Waals surface area contributed by atoms with E-state index in [9.17, 15) is 8.42 Å². The Hall–Kier alpha value is -0.910. The molecule has 0 saturated carbocycles. The molecule has 0 aliphatic rings. The Morgan fingerprint density at radius 2 is 2.08 bits per heavy atom. The monoisotopic (exact) mass is 212 g/mol. The van der Waals surface area contributed by atoms with E-state index in [0.29, 0.717) is 10.8 Å². The third-order valence-electron chi connectivity index (χ3n) is 1.62. The number of rotatable bonds is 1. The first kappa shape index (κ1) is 8.68. The van der Waals surface area contributed by atoms with Gasteiger partial charge in [-0.2, -0.15) is 8.42 Å². The average molecular weight is 212 g/mol. The molecule has 0 unspecified atom stereocenters. The highest BCUT2D eigenvalue weighted by Gasteiger charge is 2.13. The van der Waals surface area contributed by atoms with Crippen LogP contribution in [-0.2, 0) is 10.1 Å². The minimum atomic E-state index is -4.14. The molecule has 1 N–H and O–H groups in total. The molecule has 0 saturated heterocycles. The molecule has 1 heterocycles. The first-order valence-corrected chi connectivity index (χ1v) is 5.63. The molecule has 0 bridgehead atoms. The summed E-state index contributed by atoms with van der Waals surface area (Å²) in [6.07, 6.45) is 0. The number of thiophene rings is 1. The van der Waals surface area contributed by atoms with Crippen LogP contribution in [0.15, 0.2) is 23.1 Å². The number of hydrogen-bond acceptors (Lipinski definition) is 3. The summed E-state index contributed by atoms with van der Waals surface area (Å²) in [6.45, 7) is 0. The molecule has 0 spiro atoms. The van der Waals surface area contributed by atoms with Gasteiger partial charge in [0.2, 0.25) is 0 Å². The van der Waals surface area contributed by atoms with Gasteiger partial charge in [0.05, 0.1) is 10.8 Å². The molecule has 0 amide bonds. The van der Waals surface area contributed by atoms with Gasteiger partial charge in [0.1, 0.15) is 4.90 Å². The van der Waals surface area contributed by atoms with Gasteiger partial charge >= 0.3 is 0 Å². The molecule has 2 aromatic rings. The summed E-state index contributed by atoms with van der Waals surface area (Å²) >= 11 is 1.16. The number of hydrogen-bond donors (Lipinski definition) is 1. The predicted octanol–water partition coefficient (Wildman–Crippen LogP) is 1.75. The minimum Gasteiger partial charge on any atom is -0.282 e. The lowest BCUT2D eigenvalue weighted by Crippen LogP contribution is -1.97. The fraction of sp³-hybridized carbons (Fsp3) is 0. The maximum atomic E-state index is 10.9. The second-order valence-electron chi connectivity index (χ2n) is 2.46. The van der Waals surface area contributed by atoms with E-state index < -0.39 is 10.1 Å². The molecule has 0 atom stereocenters. The Morgan fingerprint density at radius 1 is 1.31 bits per heavy atom. The van der Waals surface area contributed by atoms with Gasteiger partial charge < -0.3 is 0 Å². The second-order valence-corrected chi connectivity index (χ2v) is 4.46. The highest BCUT2D eigenvalue weighted by atomic mass is 32.2. The molecule has 13 heavy (non-hydrogen) atoms. The molecule has 0 aliphatic carbocycles. The normalized spacial score (nSPS) is 12.1. The van der Waals surface area contributed by atoms with Gasteiger partial charge in [0.15, 0.2) is 0 Å². The maximum Gasteiger partial charge on any atom is 0.295 e. The van der Waals surface area contributed by atoms with Crippen molar-refractivity contribution in [3.05, 3.63) is 29.0 Å². The quantitative estimate of drug-likeness (QED) is 0.733. The fourth-order valence-electron chi connectivity index (χ4n) is 1.07. The highest BCUT2D eigenvalue weighted by Crippen LogP contribution is 2.24. The summed E-state index contributed by atoms with van der Waals surface area (Å²) in [4.78, 5) is -0.109. The first-order chi connectivity index (χ1) is 6.09. The van der Waals surface area contributed by atoms with Gasteiger partial charge in [-0.05, 0) is 6.07 Å². The first-order valence-electron chi connectivity index (χ1n) is 3.37. The summed E-state index contributed by atoms with van der Waals surface area (Å²) in [6, 6.07) is 4.62. The standard InChI is InChI=1S/C8H4O3S2/c9-13(10,11)8-3-1-2-6-4-12-5-7(6)8/h1-3H,(H,9,10,11). The van der Waals surface area contributed by atoms with Gasteiger partial charge in [-0.3, -0.25) is 4.55 Å². The zero-order valence-corrected chi connectivity index (χ0v) is 7.95. The van der Waals surface area contributed by atoms with Crippen molar-refractivity contribution < 1.29 is 13.0 Å². The zero-order valence-electron chi connectivity index (χ0n) is 6.31. The smallest absolute Gasteiger partial charge is 0.282 e. The van der Waals surface area contributed by atoms with E-state index in [-0.39, 0.29) is 4.90 Å². The highest BCUT2D eigenvalue weighted by molar-refractivity contribution is 7.86. The van der Waals surface area contributed by atoms with Gasteiger partial charge in [-0.15, -0.1) is 11.3 Å². The fourth-order valence-corrected chi connectivity index (χ4v) is 2.46. The predicted molar refractivity (Wildman–Crippen MR) is 49.3 cm³/mol. The summed E-state index contributed by atoms with van der Waals surface area (Å²) in [5, 5.41) is 6.64. The minimum absolute atomic E-state index is 0.109. The van der Waals surface area contributed by atoms with Crippen molar-refractivity contribution in [1.82, 2.24) is 0 Å². The molecule has 1 aromatic heterocycles. The van der Waals surface area contributed by atoms with Gasteiger partial charge in [0.25, 0.3) is 10.1 Å². The molecule has 1 aromatic carbocycles. The van der Waals surface area contributed by atoms with Crippen LogP contribution in [0.5, 0.6) is 0 Å². The van der Waals surface area contributed by atoms with E-state index >= 15 is 0 Å². The van der Waals surface area contributed by atoms with Crippen LogP contribution in [0, 0.1) is 10.8 Å². The number of benzene rings is 1. The molecule has 0 aliphatic heterocycles. The van der Waals surface area contributed by atoms with Crippen molar-refractivity contribution >= 4 is 32.2 Å². The van der Waals surface area contributed by atoms with Crippen molar-refractivity contribution in [2.75, 3.05) is 0 Å². The van der Waals surface area contributed by atoms with Gasteiger partial charge in [-0.1, -0.05) is 12.1 Å². The lowest BCUT2D eigenvalue weighted by Gasteiger charge is -1.97. The van der Waals surface area contributed by atoms with E-state index in [1.807, 2.05) is 0 Å². The van der Waals surface area contributed by atoms with Gasteiger partial charge in [0, 0.05) is 10.8 Å². The van der Waals surface area contributed by atoms with Crippen LogP contribution in [0.1, 0.15) is 0 Å². The van der Waals surface area contributed by atoms with Crippen LogP contribution in [0.3, 0.4) is 0 Å². The Labute approximate surface area is 79.4 Å².